The second kappa shape index (κ2) is 13.8. The Bertz CT molecular complexity index is 2190. The number of ether oxygens (including phenoxy) is 1. The van der Waals surface area contributed by atoms with E-state index in [4.69, 9.17) is 14.8 Å². The molecule has 1 aliphatic carbocycles. The van der Waals surface area contributed by atoms with Crippen molar-refractivity contribution in [3.63, 3.8) is 0 Å². The molecule has 0 saturated carbocycles. The monoisotopic (exact) mass is 829 g/mol. The molecule has 0 saturated heterocycles. The first-order chi connectivity index (χ1) is 23.0. The van der Waals surface area contributed by atoms with Crippen molar-refractivity contribution in [1.82, 2.24) is 19.3 Å². The second-order valence-electron chi connectivity index (χ2n) is 14.6. The van der Waals surface area contributed by atoms with Gasteiger partial charge in [-0.05, 0) is 85.7 Å². The van der Waals surface area contributed by atoms with Crippen LogP contribution in [0.4, 0.5) is 0 Å². The summed E-state index contributed by atoms with van der Waals surface area (Å²) in [6, 6.07) is 28.3. The minimum Gasteiger partial charge on any atom is -0.509 e. The molecule has 0 radical (unpaired) electrons. The number of pyridine rings is 1. The van der Waals surface area contributed by atoms with Crippen LogP contribution in [0.15, 0.2) is 78.5 Å². The van der Waals surface area contributed by atoms with Gasteiger partial charge in [0.05, 0.1) is 5.69 Å². The summed E-state index contributed by atoms with van der Waals surface area (Å²) in [5.74, 6) is 4.27. The van der Waals surface area contributed by atoms with Crippen molar-refractivity contribution >= 4 is 21.8 Å². The molecule has 6 aromatic rings. The molecule has 3 heterocycles. The zero-order valence-corrected chi connectivity index (χ0v) is 32.3. The number of benzene rings is 3. The maximum atomic E-state index is 6.65. The van der Waals surface area contributed by atoms with E-state index in [1.165, 1.54) is 28.8 Å². The van der Waals surface area contributed by atoms with Crippen LogP contribution in [0.2, 0.25) is 0 Å². The first-order valence-electron chi connectivity index (χ1n) is 17.4. The Labute approximate surface area is 305 Å². The van der Waals surface area contributed by atoms with E-state index in [2.05, 4.69) is 138 Å². The van der Waals surface area contributed by atoms with Crippen LogP contribution < -0.4 is 4.74 Å². The summed E-state index contributed by atoms with van der Waals surface area (Å²) in [5, 5.41) is 7.49. The van der Waals surface area contributed by atoms with Gasteiger partial charge in [-0.3, -0.25) is 4.68 Å². The van der Waals surface area contributed by atoms with Crippen molar-refractivity contribution in [3.8, 4) is 23.0 Å². The van der Waals surface area contributed by atoms with E-state index in [1.54, 1.807) is 0 Å². The molecule has 1 aliphatic rings. The smallest absolute Gasteiger partial charge is 0.509 e. The number of aromatic nitrogens is 4. The van der Waals surface area contributed by atoms with Gasteiger partial charge in [-0.25, -0.2) is 4.98 Å². The first-order valence-corrected chi connectivity index (χ1v) is 17.4. The van der Waals surface area contributed by atoms with Gasteiger partial charge in [0.1, 0.15) is 5.82 Å². The van der Waals surface area contributed by atoms with E-state index in [9.17, 15) is 0 Å². The van der Waals surface area contributed by atoms with Gasteiger partial charge >= 0.3 is 21.1 Å². The molecule has 7 rings (SSSR count). The minimum absolute atomic E-state index is 0. The van der Waals surface area contributed by atoms with E-state index < -0.39 is 0 Å². The van der Waals surface area contributed by atoms with Crippen LogP contribution >= 0.6 is 0 Å². The zero-order valence-electron chi connectivity index (χ0n) is 30.0. The third-order valence-electron chi connectivity index (χ3n) is 10.0. The van der Waals surface area contributed by atoms with Crippen molar-refractivity contribution in [2.75, 3.05) is 0 Å². The summed E-state index contributed by atoms with van der Waals surface area (Å²) < 4.78 is 11.0. The van der Waals surface area contributed by atoms with Gasteiger partial charge in [0.2, 0.25) is 0 Å². The van der Waals surface area contributed by atoms with Crippen molar-refractivity contribution in [2.24, 2.45) is 11.8 Å². The molecule has 1 unspecified atom stereocenters. The van der Waals surface area contributed by atoms with Crippen molar-refractivity contribution in [1.29, 1.82) is 0 Å². The Hall–Kier alpha value is -3.95. The van der Waals surface area contributed by atoms with E-state index in [1.807, 2.05) is 18.3 Å². The molecular formula is C43H46N4OPt. The number of allylic oxidation sites excluding steroid dienone is 2. The fourth-order valence-corrected chi connectivity index (χ4v) is 7.97. The predicted octanol–water partition coefficient (Wildman–Crippen LogP) is 11.3. The molecule has 3 atom stereocenters. The van der Waals surface area contributed by atoms with Gasteiger partial charge in [-0.15, -0.1) is 41.3 Å². The third-order valence-corrected chi connectivity index (χ3v) is 10.0. The number of hydrogen-bond acceptors (Lipinski definition) is 3. The Morgan fingerprint density at radius 2 is 1.63 bits per heavy atom. The minimum atomic E-state index is 0. The van der Waals surface area contributed by atoms with Gasteiger partial charge in [-0.1, -0.05) is 76.9 Å². The number of para-hydroxylation sites is 1. The Morgan fingerprint density at radius 3 is 2.35 bits per heavy atom. The molecule has 0 N–H and O–H groups in total. The molecule has 0 bridgehead atoms. The number of fused-ring (bicyclic) bond motifs is 3. The fraction of sp³-hybridized carbons (Fsp3) is 0.349. The number of aryl methyl sites for hydroxylation is 2. The Balaban J connectivity index is 0.00000417. The molecule has 3 aromatic heterocycles. The van der Waals surface area contributed by atoms with Crippen LogP contribution in [0.1, 0.15) is 101 Å². The molecule has 0 spiro atoms. The first kappa shape index (κ1) is 34.9. The van der Waals surface area contributed by atoms with Crippen LogP contribution in [-0.4, -0.2) is 19.3 Å². The van der Waals surface area contributed by atoms with Crippen LogP contribution in [0.3, 0.4) is 0 Å². The summed E-state index contributed by atoms with van der Waals surface area (Å²) >= 11 is 0. The topological polar surface area (TPSA) is 44.9 Å². The molecule has 254 valence electrons. The van der Waals surface area contributed by atoms with Crippen molar-refractivity contribution < 1.29 is 25.8 Å². The second-order valence-corrected chi connectivity index (χ2v) is 14.6. The van der Waals surface area contributed by atoms with Crippen LogP contribution in [0, 0.1) is 37.8 Å². The summed E-state index contributed by atoms with van der Waals surface area (Å²) in [6.45, 7) is 20.3. The molecule has 3 aromatic carbocycles. The van der Waals surface area contributed by atoms with E-state index >= 15 is 0 Å². The van der Waals surface area contributed by atoms with Gasteiger partial charge < -0.3 is 9.30 Å². The SMILES string of the molecule is CC1=C[C@H](C)C[C@H](C)C1c1c(C)nn(-c2[c-]c(Oc3[c-]c4c(cc3)c3ccccc3n4-c3cc(C)ccn3)cc(C(C)C)c2)c1C(C)C.[Pt+2]. The van der Waals surface area contributed by atoms with Gasteiger partial charge in [0, 0.05) is 40.4 Å². The fourth-order valence-electron chi connectivity index (χ4n) is 7.97. The van der Waals surface area contributed by atoms with E-state index in [0.717, 1.165) is 44.6 Å². The molecule has 0 amide bonds. The molecule has 5 nitrogen and oxygen atoms in total. The van der Waals surface area contributed by atoms with Crippen molar-refractivity contribution in [2.45, 2.75) is 86.5 Å². The van der Waals surface area contributed by atoms with E-state index in [0.29, 0.717) is 35.2 Å². The maximum Gasteiger partial charge on any atom is 2.00 e. The number of rotatable bonds is 7. The summed E-state index contributed by atoms with van der Waals surface area (Å²) in [6.07, 6.45) is 5.52. The van der Waals surface area contributed by atoms with Crippen LogP contribution in [0.25, 0.3) is 33.3 Å². The molecule has 0 fully saturated rings. The third kappa shape index (κ3) is 6.43. The Morgan fingerprint density at radius 1 is 0.857 bits per heavy atom. The van der Waals surface area contributed by atoms with E-state index in [-0.39, 0.29) is 27.0 Å². The molecular weight excluding hydrogens is 784 g/mol. The average Bonchev–Trinajstić information content (AvgIpc) is 3.55. The van der Waals surface area contributed by atoms with Gasteiger partial charge in [-0.2, -0.15) is 11.2 Å². The molecule has 0 aliphatic heterocycles. The Kier molecular flexibility index (Phi) is 9.79. The van der Waals surface area contributed by atoms with Crippen LogP contribution in [0.5, 0.6) is 11.5 Å². The predicted molar refractivity (Wildman–Crippen MR) is 197 cm³/mol. The van der Waals surface area contributed by atoms with Gasteiger partial charge in [0.15, 0.2) is 0 Å². The summed E-state index contributed by atoms with van der Waals surface area (Å²) in [7, 11) is 0. The summed E-state index contributed by atoms with van der Waals surface area (Å²) in [4.78, 5) is 4.73. The standard InChI is InChI=1S/C43H46N4O.Pt/c1-25(2)32-21-33(47-43(26(3)4)42(31(9)45-47)41-29(7)18-28(6)19-30(41)8)23-35(22-32)48-34-14-15-37-36-12-10-11-13-38(36)46(39(37)24-34)40-20-27(5)16-17-44-40;/h10-18,20-22,25-26,28,30,41H,19H2,1-9H3;/q-2;+2/t28-,30-,41?;/m0./s1. The van der Waals surface area contributed by atoms with Crippen molar-refractivity contribution in [3.05, 3.63) is 119 Å². The van der Waals surface area contributed by atoms with Gasteiger partial charge in [0.25, 0.3) is 0 Å². The quantitative estimate of drug-likeness (QED) is 0.119. The summed E-state index contributed by atoms with van der Waals surface area (Å²) in [5.41, 5.74) is 10.5. The number of hydrogen-bond donors (Lipinski definition) is 0. The molecule has 6 heteroatoms. The molecule has 49 heavy (non-hydrogen) atoms. The zero-order chi connectivity index (χ0) is 33.9. The normalized spacial score (nSPS) is 17.9. The maximum absolute atomic E-state index is 6.65. The van der Waals surface area contributed by atoms with Crippen LogP contribution in [-0.2, 0) is 21.1 Å². The average molecular weight is 830 g/mol. The number of nitrogens with zero attached hydrogens (tertiary/aromatic N) is 4. The largest absolute Gasteiger partial charge is 2.00 e.